The van der Waals surface area contributed by atoms with Crippen LogP contribution in [-0.4, -0.2) is 46.3 Å². The highest BCUT2D eigenvalue weighted by Crippen LogP contribution is 2.35. The summed E-state index contributed by atoms with van der Waals surface area (Å²) in [6.45, 7) is -0.0416. The van der Waals surface area contributed by atoms with Crippen LogP contribution in [0.4, 0.5) is 5.69 Å². The maximum absolute atomic E-state index is 12.8. The molecule has 0 spiro atoms. The maximum atomic E-state index is 12.8. The van der Waals surface area contributed by atoms with E-state index in [0.717, 1.165) is 9.13 Å². The number of hydrogen-bond donors (Lipinski definition) is 3. The maximum Gasteiger partial charge on any atom is 0.322 e. The second-order valence-corrected chi connectivity index (χ2v) is 6.76. The van der Waals surface area contributed by atoms with E-state index in [1.165, 1.54) is 4.90 Å². The molecule has 1 unspecified atom stereocenters. The van der Waals surface area contributed by atoms with E-state index in [9.17, 15) is 19.2 Å². The number of amides is 3. The minimum atomic E-state index is -1.03. The molecule has 0 aliphatic carbocycles. The molecule has 24 heavy (non-hydrogen) atoms. The molecule has 2 heterocycles. The lowest BCUT2D eigenvalue weighted by atomic mass is 10.0. The lowest BCUT2D eigenvalue weighted by molar-refractivity contribution is -0.137. The molecule has 2 aliphatic heterocycles. The molecule has 1 aromatic carbocycles. The highest BCUT2D eigenvalue weighted by atomic mass is 127. The van der Waals surface area contributed by atoms with Crippen LogP contribution in [0.1, 0.15) is 28.8 Å². The highest BCUT2D eigenvalue weighted by Gasteiger charge is 2.40. The van der Waals surface area contributed by atoms with Crippen molar-refractivity contribution in [3.63, 3.8) is 0 Å². The Bertz CT molecular complexity index is 764. The number of nitrogens with zero attached hydrogens (tertiary/aromatic N) is 1. The number of piperidine rings is 1. The van der Waals surface area contributed by atoms with Gasteiger partial charge in [0.15, 0.2) is 0 Å². The van der Waals surface area contributed by atoms with Crippen LogP contribution in [-0.2, 0) is 20.9 Å². The van der Waals surface area contributed by atoms with Crippen molar-refractivity contribution in [3.05, 3.63) is 26.8 Å². The normalized spacial score (nSPS) is 20.0. The first kappa shape index (κ1) is 16.7. The number of imide groups is 1. The quantitative estimate of drug-likeness (QED) is 0.463. The zero-order chi connectivity index (χ0) is 17.4. The molecule has 9 heteroatoms. The Hall–Kier alpha value is -2.17. The van der Waals surface area contributed by atoms with Gasteiger partial charge in [0, 0.05) is 22.2 Å². The van der Waals surface area contributed by atoms with Gasteiger partial charge >= 0.3 is 5.97 Å². The van der Waals surface area contributed by atoms with E-state index in [-0.39, 0.29) is 31.3 Å². The topological polar surface area (TPSA) is 116 Å². The number of hydrogen-bond acceptors (Lipinski definition) is 5. The van der Waals surface area contributed by atoms with Crippen LogP contribution < -0.4 is 10.6 Å². The monoisotopic (exact) mass is 443 g/mol. The molecule has 3 N–H and O–H groups in total. The van der Waals surface area contributed by atoms with E-state index in [1.54, 1.807) is 12.1 Å². The van der Waals surface area contributed by atoms with Gasteiger partial charge in [0.05, 0.1) is 5.56 Å². The average molecular weight is 443 g/mol. The molecule has 126 valence electrons. The number of benzene rings is 1. The Morgan fingerprint density at radius 2 is 2.12 bits per heavy atom. The molecule has 3 amide bonds. The average Bonchev–Trinajstić information content (AvgIpc) is 2.86. The van der Waals surface area contributed by atoms with Crippen molar-refractivity contribution in [3.8, 4) is 0 Å². The number of rotatable bonds is 4. The Kier molecular flexibility index (Phi) is 4.43. The van der Waals surface area contributed by atoms with E-state index >= 15 is 0 Å². The van der Waals surface area contributed by atoms with Crippen molar-refractivity contribution in [1.82, 2.24) is 10.2 Å². The van der Waals surface area contributed by atoms with Crippen LogP contribution in [0.5, 0.6) is 0 Å². The largest absolute Gasteiger partial charge is 0.480 e. The molecular formula is C15H14IN3O5. The third-order valence-electron chi connectivity index (χ3n) is 4.08. The van der Waals surface area contributed by atoms with Gasteiger partial charge in [-0.15, -0.1) is 0 Å². The fourth-order valence-electron chi connectivity index (χ4n) is 2.96. The summed E-state index contributed by atoms with van der Waals surface area (Å²) in [5.74, 6) is -2.16. The molecule has 0 saturated carbocycles. The number of carboxylic acid groups (broad SMARTS) is 1. The molecule has 1 atom stereocenters. The number of carbonyl (C=O) groups is 4. The summed E-state index contributed by atoms with van der Waals surface area (Å²) in [4.78, 5) is 48.4. The molecule has 2 aliphatic rings. The summed E-state index contributed by atoms with van der Waals surface area (Å²) in [5.41, 5.74) is 1.60. The highest BCUT2D eigenvalue weighted by molar-refractivity contribution is 14.1. The summed E-state index contributed by atoms with van der Waals surface area (Å²) in [6, 6.07) is 2.77. The predicted octanol–water partition coefficient (Wildman–Crippen LogP) is 0.549. The van der Waals surface area contributed by atoms with E-state index in [4.69, 9.17) is 5.11 Å². The van der Waals surface area contributed by atoms with Crippen LogP contribution in [0.15, 0.2) is 12.1 Å². The first-order valence-electron chi connectivity index (χ1n) is 7.30. The molecular weight excluding hydrogens is 429 g/mol. The fourth-order valence-corrected chi connectivity index (χ4v) is 3.58. The number of anilines is 1. The zero-order valence-electron chi connectivity index (χ0n) is 12.5. The van der Waals surface area contributed by atoms with Gasteiger partial charge in [-0.3, -0.25) is 24.5 Å². The van der Waals surface area contributed by atoms with Gasteiger partial charge < -0.3 is 15.3 Å². The van der Waals surface area contributed by atoms with Gasteiger partial charge in [-0.05, 0) is 46.7 Å². The molecule has 1 fully saturated rings. The first-order chi connectivity index (χ1) is 11.4. The van der Waals surface area contributed by atoms with E-state index in [1.807, 2.05) is 0 Å². The standard InChI is InChI=1S/C15H14IN3O5/c16-8-1-2-9(17-5-12(21)22)13-7(8)6-19(15(13)24)10-3-4-11(20)18-14(10)23/h1-2,10,17H,3-6H2,(H,21,22)(H,18,20,23). The van der Waals surface area contributed by atoms with Crippen LogP contribution in [0.25, 0.3) is 0 Å². The SMILES string of the molecule is O=C(O)CNc1ccc(I)c2c1C(=O)N(C1CCC(=O)NC1=O)C2. The first-order valence-corrected chi connectivity index (χ1v) is 8.38. The third kappa shape index (κ3) is 2.95. The van der Waals surface area contributed by atoms with Crippen LogP contribution >= 0.6 is 22.6 Å². The second-order valence-electron chi connectivity index (χ2n) is 5.60. The van der Waals surface area contributed by atoms with Gasteiger partial charge in [-0.2, -0.15) is 0 Å². The van der Waals surface area contributed by atoms with E-state index in [0.29, 0.717) is 17.7 Å². The Morgan fingerprint density at radius 3 is 2.79 bits per heavy atom. The smallest absolute Gasteiger partial charge is 0.322 e. The minimum absolute atomic E-state index is 0.192. The summed E-state index contributed by atoms with van der Waals surface area (Å²) < 4.78 is 0.867. The fraction of sp³-hybridized carbons (Fsp3) is 0.333. The Balaban J connectivity index is 1.90. The van der Waals surface area contributed by atoms with Gasteiger partial charge in [-0.25, -0.2) is 0 Å². The summed E-state index contributed by atoms with van der Waals surface area (Å²) in [6.07, 6.45) is 0.483. The predicted molar refractivity (Wildman–Crippen MR) is 91.3 cm³/mol. The van der Waals surface area contributed by atoms with Crippen LogP contribution in [0, 0.1) is 3.57 Å². The number of fused-ring (bicyclic) bond motifs is 1. The van der Waals surface area contributed by atoms with Gasteiger partial charge in [-0.1, -0.05) is 0 Å². The number of carboxylic acids is 1. The number of carbonyl (C=O) groups excluding carboxylic acids is 3. The summed E-state index contributed by atoms with van der Waals surface area (Å²) in [5, 5.41) is 13.8. The molecule has 3 rings (SSSR count). The Labute approximate surface area is 150 Å². The van der Waals surface area contributed by atoms with Gasteiger partial charge in [0.25, 0.3) is 5.91 Å². The van der Waals surface area contributed by atoms with Gasteiger partial charge in [0.2, 0.25) is 11.8 Å². The molecule has 1 aromatic rings. The molecule has 8 nitrogen and oxygen atoms in total. The molecule has 0 aromatic heterocycles. The minimum Gasteiger partial charge on any atom is -0.480 e. The molecule has 0 radical (unpaired) electrons. The lowest BCUT2D eigenvalue weighted by Crippen LogP contribution is -2.52. The van der Waals surface area contributed by atoms with Crippen molar-refractivity contribution in [2.45, 2.75) is 25.4 Å². The molecule has 0 bridgehead atoms. The zero-order valence-corrected chi connectivity index (χ0v) is 14.6. The van der Waals surface area contributed by atoms with Crippen molar-refractivity contribution < 1.29 is 24.3 Å². The summed E-state index contributed by atoms with van der Waals surface area (Å²) >= 11 is 2.11. The number of nitrogens with one attached hydrogen (secondary N) is 2. The van der Waals surface area contributed by atoms with E-state index in [2.05, 4.69) is 33.2 Å². The van der Waals surface area contributed by atoms with Crippen LogP contribution in [0.3, 0.4) is 0 Å². The van der Waals surface area contributed by atoms with Crippen molar-refractivity contribution in [1.29, 1.82) is 0 Å². The van der Waals surface area contributed by atoms with Crippen molar-refractivity contribution in [2.24, 2.45) is 0 Å². The second kappa shape index (κ2) is 6.38. The Morgan fingerprint density at radius 1 is 1.38 bits per heavy atom. The van der Waals surface area contributed by atoms with Crippen molar-refractivity contribution >= 4 is 52.0 Å². The third-order valence-corrected chi connectivity index (χ3v) is 5.09. The molecule has 1 saturated heterocycles. The number of aliphatic carboxylic acids is 1. The van der Waals surface area contributed by atoms with Gasteiger partial charge in [0.1, 0.15) is 12.6 Å². The lowest BCUT2D eigenvalue weighted by Gasteiger charge is -2.29. The van der Waals surface area contributed by atoms with E-state index < -0.39 is 17.9 Å². The van der Waals surface area contributed by atoms with Crippen LogP contribution in [0.2, 0.25) is 0 Å². The number of halogens is 1. The van der Waals surface area contributed by atoms with Crippen molar-refractivity contribution in [2.75, 3.05) is 11.9 Å². The summed E-state index contributed by atoms with van der Waals surface area (Å²) in [7, 11) is 0.